The molecule has 1 fully saturated rings. The van der Waals surface area contributed by atoms with Crippen LogP contribution in [-0.4, -0.2) is 46.1 Å². The lowest BCUT2D eigenvalue weighted by Crippen LogP contribution is -2.48. The van der Waals surface area contributed by atoms with Gasteiger partial charge < -0.3 is 24.8 Å². The first-order chi connectivity index (χ1) is 11.8. The van der Waals surface area contributed by atoms with Crippen LogP contribution in [0.2, 0.25) is 0 Å². The summed E-state index contributed by atoms with van der Waals surface area (Å²) in [5.74, 6) is 2.42. The topological polar surface area (TPSA) is 64.1 Å². The van der Waals surface area contributed by atoms with E-state index in [1.807, 2.05) is 12.1 Å². The average molecular weight is 459 g/mol. The molecule has 0 aliphatic carbocycles. The van der Waals surface area contributed by atoms with Crippen molar-refractivity contribution in [1.29, 1.82) is 0 Å². The van der Waals surface area contributed by atoms with Gasteiger partial charge >= 0.3 is 0 Å². The van der Waals surface area contributed by atoms with Gasteiger partial charge in [0, 0.05) is 38.8 Å². The lowest BCUT2D eigenvalue weighted by atomic mass is 9.74. The van der Waals surface area contributed by atoms with Gasteiger partial charge in [0.25, 0.3) is 0 Å². The maximum Gasteiger partial charge on any atom is 0.231 e. The fraction of sp³-hybridized carbons (Fsp3) is 0.500. The minimum absolute atomic E-state index is 0. The number of nitrogens with zero attached hydrogens (tertiary/aromatic N) is 1. The molecule has 1 aromatic carbocycles. The smallest absolute Gasteiger partial charge is 0.231 e. The molecule has 0 amide bonds. The van der Waals surface area contributed by atoms with Crippen LogP contribution in [0.15, 0.2) is 35.8 Å². The minimum Gasteiger partial charge on any atom is -0.454 e. The molecule has 1 saturated heterocycles. The first kappa shape index (κ1) is 19.8. The predicted molar refractivity (Wildman–Crippen MR) is 109 cm³/mol. The third-order valence-corrected chi connectivity index (χ3v) is 4.67. The maximum absolute atomic E-state index is 5.59. The predicted octanol–water partition coefficient (Wildman–Crippen LogP) is 2.43. The molecule has 2 N–H and O–H groups in total. The number of ether oxygens (including phenoxy) is 3. The van der Waals surface area contributed by atoms with Crippen molar-refractivity contribution in [1.82, 2.24) is 10.6 Å². The molecule has 0 spiro atoms. The molecule has 6 nitrogen and oxygen atoms in total. The van der Waals surface area contributed by atoms with E-state index in [0.29, 0.717) is 13.3 Å². The van der Waals surface area contributed by atoms with Crippen LogP contribution in [0.5, 0.6) is 11.5 Å². The number of aliphatic imine (C=N–C) groups is 1. The van der Waals surface area contributed by atoms with E-state index in [1.165, 1.54) is 5.56 Å². The molecule has 0 saturated carbocycles. The SMILES string of the molecule is C=CCNC(=NC)NCC1(c2ccc3c(c2)OCO3)CCOCC1.I. The second-order valence-corrected chi connectivity index (χ2v) is 6.06. The van der Waals surface area contributed by atoms with Crippen LogP contribution in [0, 0.1) is 0 Å². The van der Waals surface area contributed by atoms with Crippen molar-refractivity contribution in [2.45, 2.75) is 18.3 Å². The summed E-state index contributed by atoms with van der Waals surface area (Å²) in [5.41, 5.74) is 1.24. The van der Waals surface area contributed by atoms with Crippen molar-refractivity contribution in [2.24, 2.45) is 4.99 Å². The van der Waals surface area contributed by atoms with E-state index in [2.05, 4.69) is 34.3 Å². The fourth-order valence-electron chi connectivity index (χ4n) is 3.20. The summed E-state index contributed by atoms with van der Waals surface area (Å²) < 4.78 is 16.6. The largest absolute Gasteiger partial charge is 0.454 e. The van der Waals surface area contributed by atoms with Crippen LogP contribution in [-0.2, 0) is 10.2 Å². The van der Waals surface area contributed by atoms with Crippen LogP contribution >= 0.6 is 24.0 Å². The zero-order valence-electron chi connectivity index (χ0n) is 14.5. The van der Waals surface area contributed by atoms with Crippen LogP contribution < -0.4 is 20.1 Å². The molecule has 0 aromatic heterocycles. The molecule has 138 valence electrons. The second-order valence-electron chi connectivity index (χ2n) is 6.06. The molecule has 1 aromatic rings. The molecule has 0 atom stereocenters. The number of nitrogens with one attached hydrogen (secondary N) is 2. The van der Waals surface area contributed by atoms with Crippen molar-refractivity contribution in [3.8, 4) is 11.5 Å². The van der Waals surface area contributed by atoms with Crippen molar-refractivity contribution in [3.05, 3.63) is 36.4 Å². The lowest BCUT2D eigenvalue weighted by Gasteiger charge is -2.38. The Morgan fingerprint density at radius 2 is 2.00 bits per heavy atom. The van der Waals surface area contributed by atoms with E-state index in [-0.39, 0.29) is 29.4 Å². The summed E-state index contributed by atoms with van der Waals surface area (Å²) >= 11 is 0. The summed E-state index contributed by atoms with van der Waals surface area (Å²) in [5, 5.41) is 6.66. The monoisotopic (exact) mass is 459 g/mol. The van der Waals surface area contributed by atoms with Gasteiger partial charge in [-0.1, -0.05) is 12.1 Å². The number of guanidine groups is 1. The molecule has 25 heavy (non-hydrogen) atoms. The Labute approximate surface area is 166 Å². The Morgan fingerprint density at radius 3 is 2.72 bits per heavy atom. The quantitative estimate of drug-likeness (QED) is 0.307. The zero-order valence-corrected chi connectivity index (χ0v) is 16.9. The first-order valence-electron chi connectivity index (χ1n) is 8.31. The Hall–Kier alpha value is -1.48. The number of rotatable bonds is 5. The van der Waals surface area contributed by atoms with Crippen LogP contribution in [0.4, 0.5) is 0 Å². The molecular weight excluding hydrogens is 433 g/mol. The van der Waals surface area contributed by atoms with Gasteiger partial charge in [-0.25, -0.2) is 0 Å². The summed E-state index contributed by atoms with van der Waals surface area (Å²) in [4.78, 5) is 4.26. The number of fused-ring (bicyclic) bond motifs is 1. The van der Waals surface area contributed by atoms with Gasteiger partial charge in [0.15, 0.2) is 17.5 Å². The summed E-state index contributed by atoms with van der Waals surface area (Å²) in [6, 6.07) is 6.25. The highest BCUT2D eigenvalue weighted by Gasteiger charge is 2.35. The second kappa shape index (κ2) is 9.28. The number of benzene rings is 1. The number of hydrogen-bond donors (Lipinski definition) is 2. The Morgan fingerprint density at radius 1 is 1.24 bits per heavy atom. The Balaban J connectivity index is 0.00000225. The van der Waals surface area contributed by atoms with Crippen molar-refractivity contribution >= 4 is 29.9 Å². The minimum atomic E-state index is -0.00890. The highest BCUT2D eigenvalue weighted by Crippen LogP contribution is 2.40. The first-order valence-corrected chi connectivity index (χ1v) is 8.31. The summed E-state index contributed by atoms with van der Waals surface area (Å²) in [7, 11) is 1.77. The molecule has 0 bridgehead atoms. The van der Waals surface area contributed by atoms with Gasteiger partial charge in [-0.15, -0.1) is 30.6 Å². The number of halogens is 1. The fourth-order valence-corrected chi connectivity index (χ4v) is 3.20. The van der Waals surface area contributed by atoms with Crippen molar-refractivity contribution < 1.29 is 14.2 Å². The molecule has 2 aliphatic rings. The number of hydrogen-bond acceptors (Lipinski definition) is 4. The van der Waals surface area contributed by atoms with E-state index in [4.69, 9.17) is 14.2 Å². The van der Waals surface area contributed by atoms with Gasteiger partial charge in [-0.05, 0) is 30.5 Å². The van der Waals surface area contributed by atoms with E-state index < -0.39 is 0 Å². The zero-order chi connectivity index (χ0) is 16.8. The highest BCUT2D eigenvalue weighted by molar-refractivity contribution is 14.0. The third kappa shape index (κ3) is 4.58. The molecular formula is C18H26IN3O3. The van der Waals surface area contributed by atoms with Crippen LogP contribution in [0.25, 0.3) is 0 Å². The van der Waals surface area contributed by atoms with Gasteiger partial charge in [-0.3, -0.25) is 4.99 Å². The van der Waals surface area contributed by atoms with Gasteiger partial charge in [0.2, 0.25) is 6.79 Å². The molecule has 7 heteroatoms. The maximum atomic E-state index is 5.59. The molecule has 2 aliphatic heterocycles. The lowest BCUT2D eigenvalue weighted by molar-refractivity contribution is 0.0513. The third-order valence-electron chi connectivity index (χ3n) is 4.67. The van der Waals surface area contributed by atoms with E-state index >= 15 is 0 Å². The molecule has 0 radical (unpaired) electrons. The van der Waals surface area contributed by atoms with Gasteiger partial charge in [0.1, 0.15) is 0 Å². The van der Waals surface area contributed by atoms with E-state index in [0.717, 1.165) is 50.1 Å². The molecule has 3 rings (SSSR count). The molecule has 2 heterocycles. The van der Waals surface area contributed by atoms with Crippen molar-refractivity contribution in [2.75, 3.05) is 40.1 Å². The van der Waals surface area contributed by atoms with Gasteiger partial charge in [0.05, 0.1) is 0 Å². The van der Waals surface area contributed by atoms with Crippen molar-refractivity contribution in [3.63, 3.8) is 0 Å². The average Bonchev–Trinajstić information content (AvgIpc) is 3.10. The highest BCUT2D eigenvalue weighted by atomic mass is 127. The summed E-state index contributed by atoms with van der Waals surface area (Å²) in [6.45, 7) is 7.00. The Kier molecular flexibility index (Phi) is 7.37. The summed E-state index contributed by atoms with van der Waals surface area (Å²) in [6.07, 6.45) is 3.73. The standard InChI is InChI=1S/C18H25N3O3.HI/c1-3-8-20-17(19-2)21-12-18(6-9-22-10-7-18)14-4-5-15-16(11-14)24-13-23-15;/h3-5,11H,1,6-10,12-13H2,2H3,(H2,19,20,21);1H. The molecule has 0 unspecified atom stereocenters. The van der Waals surface area contributed by atoms with E-state index in [1.54, 1.807) is 7.05 Å². The van der Waals surface area contributed by atoms with Crippen LogP contribution in [0.3, 0.4) is 0 Å². The van der Waals surface area contributed by atoms with Crippen LogP contribution in [0.1, 0.15) is 18.4 Å². The Bertz CT molecular complexity index is 616. The van der Waals surface area contributed by atoms with E-state index in [9.17, 15) is 0 Å². The van der Waals surface area contributed by atoms with Gasteiger partial charge in [-0.2, -0.15) is 0 Å². The normalized spacial score (nSPS) is 18.2.